The minimum Gasteiger partial charge on any atom is -0.444 e. The molecule has 1 amide bonds. The van der Waals surface area contributed by atoms with Crippen molar-refractivity contribution in [3.63, 3.8) is 0 Å². The molecule has 2 aliphatic rings. The van der Waals surface area contributed by atoms with E-state index in [1.54, 1.807) is 4.90 Å². The predicted molar refractivity (Wildman–Crippen MR) is 139 cm³/mol. The lowest BCUT2D eigenvalue weighted by Crippen LogP contribution is -2.35. The van der Waals surface area contributed by atoms with Gasteiger partial charge in [0.1, 0.15) is 11.4 Å². The molecular weight excluding hydrogens is 476 g/mol. The Kier molecular flexibility index (Phi) is 6.35. The number of hydrogen-bond donors (Lipinski definition) is 0. The van der Waals surface area contributed by atoms with E-state index in [1.165, 1.54) is 11.3 Å². The molecule has 0 atom stereocenters. The van der Waals surface area contributed by atoms with Gasteiger partial charge in [0.2, 0.25) is 0 Å². The van der Waals surface area contributed by atoms with Crippen molar-refractivity contribution in [2.24, 2.45) is 0 Å². The van der Waals surface area contributed by atoms with Crippen molar-refractivity contribution in [3.05, 3.63) is 57.4 Å². The van der Waals surface area contributed by atoms with Crippen molar-refractivity contribution in [1.29, 1.82) is 0 Å². The molecule has 5 rings (SSSR count). The molecule has 3 aromatic rings. The Balaban J connectivity index is 1.44. The number of ether oxygens (including phenoxy) is 1. The van der Waals surface area contributed by atoms with E-state index in [9.17, 15) is 4.79 Å². The van der Waals surface area contributed by atoms with Gasteiger partial charge in [0.15, 0.2) is 5.82 Å². The first-order valence-corrected chi connectivity index (χ1v) is 13.1. The van der Waals surface area contributed by atoms with E-state index in [-0.39, 0.29) is 12.0 Å². The van der Waals surface area contributed by atoms with E-state index < -0.39 is 5.60 Å². The van der Waals surface area contributed by atoms with Crippen molar-refractivity contribution in [2.45, 2.75) is 97.9 Å². The molecule has 0 unspecified atom stereocenters. The maximum absolute atomic E-state index is 13.0. The SMILES string of the molecule is Cc1nn(C2CCC(c3nnc4n3-c3ccc(Cl)cc3CN(C(=O)OC(C)(C)C)C4)CC2)c(C)c1C. The Bertz CT molecular complexity index is 1300. The van der Waals surface area contributed by atoms with Crippen LogP contribution in [0.15, 0.2) is 18.2 Å². The normalized spacial score (nSPS) is 20.0. The number of amides is 1. The molecular formula is C27H35ClN6O2. The Hall–Kier alpha value is -2.87. The summed E-state index contributed by atoms with van der Waals surface area (Å²) in [7, 11) is 0. The van der Waals surface area contributed by atoms with Gasteiger partial charge < -0.3 is 4.74 Å². The molecule has 1 aliphatic carbocycles. The highest BCUT2D eigenvalue weighted by Crippen LogP contribution is 2.40. The number of aryl methyl sites for hydroxylation is 1. The topological polar surface area (TPSA) is 78.1 Å². The van der Waals surface area contributed by atoms with Crippen LogP contribution < -0.4 is 0 Å². The highest BCUT2D eigenvalue weighted by molar-refractivity contribution is 6.30. The van der Waals surface area contributed by atoms with Gasteiger partial charge in [-0.15, -0.1) is 10.2 Å². The van der Waals surface area contributed by atoms with E-state index in [4.69, 9.17) is 21.4 Å². The summed E-state index contributed by atoms with van der Waals surface area (Å²) in [5.41, 5.74) is 5.02. The second kappa shape index (κ2) is 9.21. The van der Waals surface area contributed by atoms with Crippen molar-refractivity contribution in [3.8, 4) is 5.69 Å². The first-order chi connectivity index (χ1) is 17.0. The maximum Gasteiger partial charge on any atom is 0.411 e. The molecule has 0 spiro atoms. The summed E-state index contributed by atoms with van der Waals surface area (Å²) in [5, 5.41) is 14.7. The van der Waals surface area contributed by atoms with Crippen LogP contribution in [0.3, 0.4) is 0 Å². The van der Waals surface area contributed by atoms with Gasteiger partial charge >= 0.3 is 6.09 Å². The van der Waals surface area contributed by atoms with Crippen LogP contribution in [0.4, 0.5) is 4.79 Å². The second-order valence-electron chi connectivity index (χ2n) is 11.2. The highest BCUT2D eigenvalue weighted by Gasteiger charge is 2.33. The quantitative estimate of drug-likeness (QED) is 0.410. The highest BCUT2D eigenvalue weighted by atomic mass is 35.5. The number of benzene rings is 1. The molecule has 3 heterocycles. The predicted octanol–water partition coefficient (Wildman–Crippen LogP) is 6.19. The molecule has 1 aromatic carbocycles. The van der Waals surface area contributed by atoms with Crippen molar-refractivity contribution in [2.75, 3.05) is 0 Å². The Morgan fingerprint density at radius 3 is 2.42 bits per heavy atom. The minimum absolute atomic E-state index is 0.289. The van der Waals surface area contributed by atoms with E-state index in [2.05, 4.69) is 40.2 Å². The van der Waals surface area contributed by atoms with Gasteiger partial charge in [-0.1, -0.05) is 11.6 Å². The summed E-state index contributed by atoms with van der Waals surface area (Å²) in [4.78, 5) is 14.7. The maximum atomic E-state index is 13.0. The van der Waals surface area contributed by atoms with E-state index in [0.29, 0.717) is 24.2 Å². The summed E-state index contributed by atoms with van der Waals surface area (Å²) in [6.45, 7) is 12.7. The molecule has 1 aliphatic heterocycles. The van der Waals surface area contributed by atoms with Gasteiger partial charge in [0.05, 0.1) is 30.5 Å². The minimum atomic E-state index is -0.581. The standard InChI is InChI=1S/C27H35ClN6O2/c1-16-17(2)31-34(18(16)3)22-10-7-19(8-11-22)25-30-29-24-15-32(26(35)36-27(4,5)6)14-20-13-21(28)9-12-23(20)33(24)25/h9,12-13,19,22H,7-8,10-11,14-15H2,1-6H3. The smallest absolute Gasteiger partial charge is 0.411 e. The average molecular weight is 511 g/mol. The van der Waals surface area contributed by atoms with Crippen LogP contribution in [0.2, 0.25) is 5.02 Å². The van der Waals surface area contributed by atoms with Crippen LogP contribution in [0.5, 0.6) is 0 Å². The molecule has 0 N–H and O–H groups in total. The molecule has 8 nitrogen and oxygen atoms in total. The molecule has 1 saturated carbocycles. The number of carbonyl (C=O) groups is 1. The number of fused-ring (bicyclic) bond motifs is 3. The Morgan fingerprint density at radius 2 is 1.78 bits per heavy atom. The van der Waals surface area contributed by atoms with Crippen LogP contribution in [-0.2, 0) is 17.8 Å². The zero-order valence-corrected chi connectivity index (χ0v) is 22.8. The van der Waals surface area contributed by atoms with Crippen LogP contribution in [0, 0.1) is 20.8 Å². The third-order valence-corrected chi connectivity index (χ3v) is 7.71. The lowest BCUT2D eigenvalue weighted by atomic mass is 9.85. The molecule has 9 heteroatoms. The number of hydrogen-bond acceptors (Lipinski definition) is 5. The summed E-state index contributed by atoms with van der Waals surface area (Å²) in [6.07, 6.45) is 3.75. The molecule has 1 fully saturated rings. The summed E-state index contributed by atoms with van der Waals surface area (Å²) >= 11 is 6.37. The fourth-order valence-electron chi connectivity index (χ4n) is 5.43. The van der Waals surface area contributed by atoms with E-state index in [1.807, 2.05) is 39.0 Å². The number of rotatable bonds is 2. The van der Waals surface area contributed by atoms with Gasteiger partial charge in [0, 0.05) is 16.6 Å². The number of carbonyl (C=O) groups excluding carboxylic acids is 1. The second-order valence-corrected chi connectivity index (χ2v) is 11.6. The fraction of sp³-hybridized carbons (Fsp3) is 0.556. The number of halogens is 1. The zero-order chi connectivity index (χ0) is 25.8. The summed E-state index contributed by atoms with van der Waals surface area (Å²) in [5.74, 6) is 1.99. The first kappa shape index (κ1) is 24.8. The average Bonchev–Trinajstić information content (AvgIpc) is 3.28. The molecule has 0 bridgehead atoms. The van der Waals surface area contributed by atoms with Crippen molar-refractivity contribution in [1.82, 2.24) is 29.4 Å². The van der Waals surface area contributed by atoms with Crippen molar-refractivity contribution < 1.29 is 9.53 Å². The van der Waals surface area contributed by atoms with Crippen LogP contribution in [0.25, 0.3) is 5.69 Å². The van der Waals surface area contributed by atoms with Crippen LogP contribution in [-0.4, -0.2) is 41.1 Å². The largest absolute Gasteiger partial charge is 0.444 e. The fourth-order valence-corrected chi connectivity index (χ4v) is 5.62. The van der Waals surface area contributed by atoms with Gasteiger partial charge in [0.25, 0.3) is 0 Å². The molecule has 2 aromatic heterocycles. The van der Waals surface area contributed by atoms with Gasteiger partial charge in [-0.2, -0.15) is 5.10 Å². The third kappa shape index (κ3) is 4.63. The lowest BCUT2D eigenvalue weighted by molar-refractivity contribution is 0.0214. The molecule has 0 radical (unpaired) electrons. The molecule has 0 saturated heterocycles. The first-order valence-electron chi connectivity index (χ1n) is 12.7. The monoisotopic (exact) mass is 510 g/mol. The lowest BCUT2D eigenvalue weighted by Gasteiger charge is -2.29. The van der Waals surface area contributed by atoms with Gasteiger partial charge in [-0.25, -0.2) is 4.79 Å². The van der Waals surface area contributed by atoms with Crippen molar-refractivity contribution >= 4 is 17.7 Å². The third-order valence-electron chi connectivity index (χ3n) is 7.48. The van der Waals surface area contributed by atoms with E-state index >= 15 is 0 Å². The molecule has 192 valence electrons. The zero-order valence-electron chi connectivity index (χ0n) is 22.0. The summed E-state index contributed by atoms with van der Waals surface area (Å²) < 4.78 is 10.0. The summed E-state index contributed by atoms with van der Waals surface area (Å²) in [6, 6.07) is 6.24. The van der Waals surface area contributed by atoms with Gasteiger partial charge in [-0.05, 0) is 96.6 Å². The molecule has 36 heavy (non-hydrogen) atoms. The van der Waals surface area contributed by atoms with Crippen LogP contribution >= 0.6 is 11.6 Å². The van der Waals surface area contributed by atoms with Gasteiger partial charge in [-0.3, -0.25) is 14.1 Å². The van der Waals surface area contributed by atoms with Crippen LogP contribution in [0.1, 0.15) is 92.6 Å². The Labute approximate surface area is 217 Å². The number of aromatic nitrogens is 5. The number of nitrogens with zero attached hydrogens (tertiary/aromatic N) is 6. The van der Waals surface area contributed by atoms with E-state index in [0.717, 1.165) is 54.3 Å². The Morgan fingerprint density at radius 1 is 1.06 bits per heavy atom.